The van der Waals surface area contributed by atoms with Gasteiger partial charge in [0.1, 0.15) is 5.75 Å². The summed E-state index contributed by atoms with van der Waals surface area (Å²) in [5.41, 5.74) is 1.28. The zero-order chi connectivity index (χ0) is 16.9. The zero-order valence-electron chi connectivity index (χ0n) is 13.0. The second kappa shape index (κ2) is 6.82. The molecule has 7 heteroatoms. The van der Waals surface area contributed by atoms with Gasteiger partial charge in [0.05, 0.1) is 19.2 Å². The maximum absolute atomic E-state index is 12.0. The van der Waals surface area contributed by atoms with E-state index in [2.05, 4.69) is 20.8 Å². The first-order valence-electron chi connectivity index (χ1n) is 7.32. The summed E-state index contributed by atoms with van der Waals surface area (Å²) in [7, 11) is 1.57. The Morgan fingerprint density at radius 3 is 2.71 bits per heavy atom. The molecule has 0 aliphatic heterocycles. The number of nitrogens with zero attached hydrogens (tertiary/aromatic N) is 1. The fraction of sp³-hybridized carbons (Fsp3) is 0.118. The summed E-state index contributed by atoms with van der Waals surface area (Å²) < 4.78 is 5.17. The summed E-state index contributed by atoms with van der Waals surface area (Å²) in [5.74, 6) is 0.384. The summed E-state index contributed by atoms with van der Waals surface area (Å²) in [4.78, 5) is 24.0. The van der Waals surface area contributed by atoms with Crippen LogP contribution in [0.15, 0.2) is 48.5 Å². The van der Waals surface area contributed by atoms with Gasteiger partial charge in [-0.3, -0.25) is 14.7 Å². The van der Waals surface area contributed by atoms with Crippen molar-refractivity contribution in [2.75, 3.05) is 19.0 Å². The van der Waals surface area contributed by atoms with Crippen LogP contribution >= 0.6 is 0 Å². The summed E-state index contributed by atoms with van der Waals surface area (Å²) in [6, 6.07) is 14.1. The van der Waals surface area contributed by atoms with Crippen LogP contribution in [0.4, 0.5) is 5.82 Å². The molecule has 0 aliphatic carbocycles. The molecule has 0 saturated heterocycles. The lowest BCUT2D eigenvalue weighted by atomic mass is 10.2. The normalized spacial score (nSPS) is 10.4. The minimum atomic E-state index is -0.365. The first-order chi connectivity index (χ1) is 11.7. The van der Waals surface area contributed by atoms with E-state index in [0.717, 1.165) is 10.9 Å². The van der Waals surface area contributed by atoms with Crippen LogP contribution in [0.3, 0.4) is 0 Å². The fourth-order valence-corrected chi connectivity index (χ4v) is 2.24. The van der Waals surface area contributed by atoms with E-state index in [1.807, 2.05) is 12.1 Å². The largest absolute Gasteiger partial charge is 0.497 e. The van der Waals surface area contributed by atoms with Crippen LogP contribution in [0.2, 0.25) is 0 Å². The van der Waals surface area contributed by atoms with Gasteiger partial charge in [0.2, 0.25) is 5.91 Å². The van der Waals surface area contributed by atoms with Gasteiger partial charge in [0.15, 0.2) is 5.82 Å². The Kier molecular flexibility index (Phi) is 4.42. The number of aromatic amines is 1. The Morgan fingerprint density at radius 1 is 1.17 bits per heavy atom. The molecule has 0 atom stereocenters. The number of carbonyl (C=O) groups excluding carboxylic acids is 2. The van der Waals surface area contributed by atoms with Gasteiger partial charge in [-0.25, -0.2) is 0 Å². The molecule has 0 saturated carbocycles. The van der Waals surface area contributed by atoms with Crippen molar-refractivity contribution in [3.05, 3.63) is 54.1 Å². The number of anilines is 1. The molecule has 0 aliphatic rings. The number of benzene rings is 2. The maximum Gasteiger partial charge on any atom is 0.251 e. The zero-order valence-corrected chi connectivity index (χ0v) is 13.0. The Labute approximate surface area is 138 Å². The molecular weight excluding hydrogens is 308 g/mol. The van der Waals surface area contributed by atoms with Gasteiger partial charge in [-0.15, -0.1) is 0 Å². The van der Waals surface area contributed by atoms with Crippen LogP contribution in [-0.4, -0.2) is 35.7 Å². The van der Waals surface area contributed by atoms with Crippen LogP contribution < -0.4 is 15.4 Å². The number of aromatic nitrogens is 2. The average Bonchev–Trinajstić information content (AvgIpc) is 3.02. The molecule has 7 nitrogen and oxygen atoms in total. The van der Waals surface area contributed by atoms with E-state index in [9.17, 15) is 9.59 Å². The predicted octanol–water partition coefficient (Wildman–Crippen LogP) is 1.94. The molecule has 0 bridgehead atoms. The molecular formula is C17H16N4O3. The van der Waals surface area contributed by atoms with E-state index in [1.165, 1.54) is 0 Å². The Balaban J connectivity index is 1.64. The molecule has 2 aromatic carbocycles. The quantitative estimate of drug-likeness (QED) is 0.668. The molecule has 0 spiro atoms. The molecule has 3 aromatic rings. The highest BCUT2D eigenvalue weighted by atomic mass is 16.5. The lowest BCUT2D eigenvalue weighted by Gasteiger charge is -2.06. The minimum Gasteiger partial charge on any atom is -0.497 e. The summed E-state index contributed by atoms with van der Waals surface area (Å²) in [6.07, 6.45) is 0. The van der Waals surface area contributed by atoms with Crippen molar-refractivity contribution in [1.82, 2.24) is 15.5 Å². The number of amides is 2. The van der Waals surface area contributed by atoms with Crippen molar-refractivity contribution >= 4 is 28.5 Å². The molecule has 0 radical (unpaired) electrons. The van der Waals surface area contributed by atoms with E-state index in [-0.39, 0.29) is 18.4 Å². The number of ether oxygens (including phenoxy) is 1. The lowest BCUT2D eigenvalue weighted by molar-refractivity contribution is -0.115. The van der Waals surface area contributed by atoms with Crippen molar-refractivity contribution in [3.8, 4) is 5.75 Å². The van der Waals surface area contributed by atoms with Crippen molar-refractivity contribution in [2.45, 2.75) is 0 Å². The Morgan fingerprint density at radius 2 is 1.96 bits per heavy atom. The summed E-state index contributed by atoms with van der Waals surface area (Å²) in [5, 5.41) is 12.9. The third kappa shape index (κ3) is 3.35. The van der Waals surface area contributed by atoms with Gasteiger partial charge in [0.25, 0.3) is 5.91 Å². The number of hydrogen-bond acceptors (Lipinski definition) is 4. The third-order valence-corrected chi connectivity index (χ3v) is 3.47. The number of fused-ring (bicyclic) bond motifs is 1. The van der Waals surface area contributed by atoms with Gasteiger partial charge in [-0.1, -0.05) is 18.2 Å². The maximum atomic E-state index is 12.0. The van der Waals surface area contributed by atoms with Gasteiger partial charge in [-0.05, 0) is 30.3 Å². The standard InChI is InChI=1S/C17H16N4O3/c1-24-12-7-8-14-13(9-12)16(21-20-14)19-15(22)10-18-17(23)11-5-3-2-4-6-11/h2-9H,10H2,1H3,(H,18,23)(H2,19,20,21,22). The van der Waals surface area contributed by atoms with Crippen LogP contribution in [0.1, 0.15) is 10.4 Å². The SMILES string of the molecule is COc1ccc2[nH]nc(NC(=O)CNC(=O)c3ccccc3)c2c1. The van der Waals surface area contributed by atoms with Crippen LogP contribution in [0.5, 0.6) is 5.75 Å². The van der Waals surface area contributed by atoms with Crippen LogP contribution in [0, 0.1) is 0 Å². The van der Waals surface area contributed by atoms with Gasteiger partial charge in [0, 0.05) is 10.9 Å². The molecule has 1 heterocycles. The van der Waals surface area contributed by atoms with Crippen molar-refractivity contribution in [3.63, 3.8) is 0 Å². The smallest absolute Gasteiger partial charge is 0.251 e. The fourth-order valence-electron chi connectivity index (χ4n) is 2.24. The second-order valence-electron chi connectivity index (χ2n) is 5.08. The van der Waals surface area contributed by atoms with E-state index in [1.54, 1.807) is 43.5 Å². The monoisotopic (exact) mass is 324 g/mol. The van der Waals surface area contributed by atoms with Crippen LogP contribution in [0.25, 0.3) is 10.9 Å². The van der Waals surface area contributed by atoms with Crippen molar-refractivity contribution in [1.29, 1.82) is 0 Å². The predicted molar refractivity (Wildman–Crippen MR) is 90.1 cm³/mol. The third-order valence-electron chi connectivity index (χ3n) is 3.47. The number of methoxy groups -OCH3 is 1. The van der Waals surface area contributed by atoms with Crippen molar-refractivity contribution in [2.24, 2.45) is 0 Å². The number of rotatable bonds is 5. The lowest BCUT2D eigenvalue weighted by Crippen LogP contribution is -2.32. The first kappa shape index (κ1) is 15.5. The second-order valence-corrected chi connectivity index (χ2v) is 5.08. The average molecular weight is 324 g/mol. The summed E-state index contributed by atoms with van der Waals surface area (Å²) >= 11 is 0. The minimum absolute atomic E-state index is 0.147. The van der Waals surface area contributed by atoms with E-state index in [0.29, 0.717) is 17.1 Å². The molecule has 3 rings (SSSR count). The van der Waals surface area contributed by atoms with E-state index in [4.69, 9.17) is 4.74 Å². The molecule has 0 fully saturated rings. The number of nitrogens with one attached hydrogen (secondary N) is 3. The first-order valence-corrected chi connectivity index (χ1v) is 7.32. The Bertz CT molecular complexity index is 874. The number of H-pyrrole nitrogens is 1. The summed E-state index contributed by atoms with van der Waals surface area (Å²) in [6.45, 7) is -0.147. The molecule has 24 heavy (non-hydrogen) atoms. The molecule has 2 amide bonds. The molecule has 1 aromatic heterocycles. The Hall–Kier alpha value is -3.35. The molecule has 0 unspecified atom stereocenters. The van der Waals surface area contributed by atoms with Crippen molar-refractivity contribution < 1.29 is 14.3 Å². The number of hydrogen-bond donors (Lipinski definition) is 3. The van der Waals surface area contributed by atoms with Gasteiger partial charge >= 0.3 is 0 Å². The van der Waals surface area contributed by atoms with Gasteiger partial charge < -0.3 is 15.4 Å². The number of carbonyl (C=O) groups is 2. The van der Waals surface area contributed by atoms with E-state index < -0.39 is 0 Å². The van der Waals surface area contributed by atoms with E-state index >= 15 is 0 Å². The topological polar surface area (TPSA) is 96.1 Å². The highest BCUT2D eigenvalue weighted by Gasteiger charge is 2.12. The molecule has 122 valence electrons. The highest BCUT2D eigenvalue weighted by Crippen LogP contribution is 2.24. The highest BCUT2D eigenvalue weighted by molar-refractivity contribution is 6.03. The molecule has 3 N–H and O–H groups in total. The van der Waals surface area contributed by atoms with Crippen LogP contribution in [-0.2, 0) is 4.79 Å². The van der Waals surface area contributed by atoms with Gasteiger partial charge in [-0.2, -0.15) is 5.10 Å².